The highest BCUT2D eigenvalue weighted by molar-refractivity contribution is 6.32. The van der Waals surface area contributed by atoms with E-state index in [-0.39, 0.29) is 5.91 Å². The number of carbonyl (C=O) groups is 2. The minimum atomic E-state index is -0.417. The van der Waals surface area contributed by atoms with Crippen molar-refractivity contribution in [1.29, 1.82) is 0 Å². The van der Waals surface area contributed by atoms with Crippen molar-refractivity contribution in [3.05, 3.63) is 58.9 Å². The first-order valence-corrected chi connectivity index (χ1v) is 13.7. The molecule has 1 aliphatic rings. The summed E-state index contributed by atoms with van der Waals surface area (Å²) in [6.45, 7) is 9.94. The number of aromatic nitrogens is 2. The van der Waals surface area contributed by atoms with Gasteiger partial charge in [-0.3, -0.25) is 9.59 Å². The maximum absolute atomic E-state index is 11.7. The maximum Gasteiger partial charge on any atom is 0.225 e. The molecule has 38 heavy (non-hydrogen) atoms. The summed E-state index contributed by atoms with van der Waals surface area (Å²) in [4.78, 5) is 31.0. The lowest BCUT2D eigenvalue weighted by Crippen LogP contribution is -2.34. The Morgan fingerprint density at radius 3 is 2.45 bits per heavy atom. The number of rotatable bonds is 6. The normalized spacial score (nSPS) is 13.3. The van der Waals surface area contributed by atoms with Crippen LogP contribution >= 0.6 is 11.6 Å². The average Bonchev–Trinajstić information content (AvgIpc) is 2.93. The van der Waals surface area contributed by atoms with Gasteiger partial charge in [0.05, 0.1) is 16.1 Å². The third-order valence-electron chi connectivity index (χ3n) is 6.05. The summed E-state index contributed by atoms with van der Waals surface area (Å²) in [5.41, 5.74) is 2.81. The van der Waals surface area contributed by atoms with E-state index in [1.54, 1.807) is 24.5 Å². The fourth-order valence-electron chi connectivity index (χ4n) is 3.94. The minimum Gasteiger partial charge on any atom is -0.474 e. The monoisotopic (exact) mass is 540 g/mol. The number of ether oxygens (including phenoxy) is 1. The number of para-hydroxylation sites is 1. The lowest BCUT2D eigenvalue weighted by Gasteiger charge is -2.22. The number of benzene rings is 2. The standard InChI is InChI=1S/C15H19N3O.C13H16ClNO2.C2H6/c1-16-13-9-5-8-12-14(13)17-10-18-15(12)19-11-6-3-2-4-7-11;1-13(2,3)12(17)15-7-9-4-5-11(14)10(6-9)8-16;1-2/h5,8-11,16H,2-4,6-7H2,1H3;4-6,8H,7H2,1-3H3,(H,15,17);1-2H3. The molecule has 1 fully saturated rings. The first-order valence-electron chi connectivity index (χ1n) is 13.3. The van der Waals surface area contributed by atoms with Gasteiger partial charge < -0.3 is 15.4 Å². The Bertz CT molecular complexity index is 1190. The Labute approximate surface area is 231 Å². The lowest BCUT2D eigenvalue weighted by atomic mass is 9.95. The van der Waals surface area contributed by atoms with E-state index in [4.69, 9.17) is 16.3 Å². The highest BCUT2D eigenvalue weighted by Crippen LogP contribution is 2.29. The van der Waals surface area contributed by atoms with Crippen LogP contribution in [0, 0.1) is 5.41 Å². The van der Waals surface area contributed by atoms with E-state index in [1.807, 2.05) is 59.9 Å². The summed E-state index contributed by atoms with van der Waals surface area (Å²) in [6.07, 6.45) is 8.72. The first-order chi connectivity index (χ1) is 18.2. The van der Waals surface area contributed by atoms with Gasteiger partial charge in [-0.15, -0.1) is 0 Å². The predicted molar refractivity (Wildman–Crippen MR) is 156 cm³/mol. The molecule has 1 amide bonds. The summed E-state index contributed by atoms with van der Waals surface area (Å²) < 4.78 is 6.09. The summed E-state index contributed by atoms with van der Waals surface area (Å²) in [6, 6.07) is 11.2. The van der Waals surface area contributed by atoms with Crippen LogP contribution < -0.4 is 15.4 Å². The van der Waals surface area contributed by atoms with Crippen molar-refractivity contribution in [2.45, 2.75) is 79.4 Å². The molecule has 0 radical (unpaired) electrons. The molecule has 7 nitrogen and oxygen atoms in total. The molecular formula is C30H41ClN4O3. The van der Waals surface area contributed by atoms with E-state index in [0.29, 0.717) is 35.4 Å². The van der Waals surface area contributed by atoms with Crippen LogP contribution in [0.5, 0.6) is 5.88 Å². The van der Waals surface area contributed by atoms with Gasteiger partial charge in [0.25, 0.3) is 0 Å². The van der Waals surface area contributed by atoms with Crippen LogP contribution in [-0.2, 0) is 11.3 Å². The quantitative estimate of drug-likeness (QED) is 0.320. The third kappa shape index (κ3) is 8.98. The van der Waals surface area contributed by atoms with Gasteiger partial charge in [0.1, 0.15) is 17.9 Å². The van der Waals surface area contributed by atoms with Gasteiger partial charge in [-0.25, -0.2) is 9.97 Å². The molecule has 1 aromatic heterocycles. The van der Waals surface area contributed by atoms with Crippen LogP contribution in [0.2, 0.25) is 5.02 Å². The number of hydrogen-bond acceptors (Lipinski definition) is 6. The molecule has 0 unspecified atom stereocenters. The van der Waals surface area contributed by atoms with Crippen LogP contribution in [0.4, 0.5) is 5.69 Å². The van der Waals surface area contributed by atoms with Gasteiger partial charge in [-0.1, -0.05) is 64.8 Å². The fraction of sp³-hybridized carbons (Fsp3) is 0.467. The van der Waals surface area contributed by atoms with Gasteiger partial charge in [-0.2, -0.15) is 0 Å². The van der Waals surface area contributed by atoms with Crippen molar-refractivity contribution >= 4 is 40.4 Å². The number of nitrogens with one attached hydrogen (secondary N) is 2. The second-order valence-corrected chi connectivity index (χ2v) is 10.3. The molecule has 0 spiro atoms. The van der Waals surface area contributed by atoms with Gasteiger partial charge >= 0.3 is 0 Å². The largest absolute Gasteiger partial charge is 0.474 e. The number of anilines is 1. The zero-order valence-electron chi connectivity index (χ0n) is 23.4. The molecule has 0 bridgehead atoms. The van der Waals surface area contributed by atoms with E-state index < -0.39 is 5.41 Å². The number of aldehydes is 1. The Morgan fingerprint density at radius 1 is 1.11 bits per heavy atom. The third-order valence-corrected chi connectivity index (χ3v) is 6.39. The highest BCUT2D eigenvalue weighted by atomic mass is 35.5. The number of amides is 1. The highest BCUT2D eigenvalue weighted by Gasteiger charge is 2.20. The topological polar surface area (TPSA) is 93.2 Å². The number of halogens is 1. The lowest BCUT2D eigenvalue weighted by molar-refractivity contribution is -0.128. The van der Waals surface area contributed by atoms with Crippen molar-refractivity contribution < 1.29 is 14.3 Å². The first kappa shape index (κ1) is 31.0. The molecule has 2 aromatic carbocycles. The zero-order chi connectivity index (χ0) is 28.1. The number of fused-ring (bicyclic) bond motifs is 1. The van der Waals surface area contributed by atoms with Crippen molar-refractivity contribution in [3.8, 4) is 5.88 Å². The Morgan fingerprint density at radius 2 is 1.82 bits per heavy atom. The van der Waals surface area contributed by atoms with Gasteiger partial charge in [-0.05, 0) is 55.5 Å². The molecule has 8 heteroatoms. The van der Waals surface area contributed by atoms with Crippen LogP contribution in [0.15, 0.2) is 42.7 Å². The van der Waals surface area contributed by atoms with Crippen molar-refractivity contribution in [2.24, 2.45) is 5.41 Å². The number of carbonyl (C=O) groups excluding carboxylic acids is 2. The molecule has 4 rings (SSSR count). The minimum absolute atomic E-state index is 0.0277. The van der Waals surface area contributed by atoms with E-state index in [0.717, 1.165) is 35.0 Å². The van der Waals surface area contributed by atoms with Gasteiger partial charge in [0, 0.05) is 24.6 Å². The molecular weight excluding hydrogens is 500 g/mol. The molecule has 1 heterocycles. The second-order valence-electron chi connectivity index (χ2n) is 9.91. The Hall–Kier alpha value is -3.19. The van der Waals surface area contributed by atoms with Gasteiger partial charge in [0.2, 0.25) is 11.8 Å². The molecule has 0 saturated heterocycles. The van der Waals surface area contributed by atoms with Crippen LogP contribution in [-0.4, -0.2) is 35.3 Å². The summed E-state index contributed by atoms with van der Waals surface area (Å²) in [5, 5.41) is 7.37. The predicted octanol–water partition coefficient (Wildman–Crippen LogP) is 7.22. The smallest absolute Gasteiger partial charge is 0.225 e. The molecule has 3 aromatic rings. The fourth-order valence-corrected chi connectivity index (χ4v) is 4.10. The van der Waals surface area contributed by atoms with Gasteiger partial charge in [0.15, 0.2) is 6.29 Å². The Kier molecular flexibility index (Phi) is 12.5. The summed E-state index contributed by atoms with van der Waals surface area (Å²) >= 11 is 5.81. The van der Waals surface area contributed by atoms with E-state index in [1.165, 1.54) is 19.3 Å². The zero-order valence-corrected chi connectivity index (χ0v) is 24.2. The molecule has 1 aliphatic carbocycles. The molecule has 0 aliphatic heterocycles. The SMILES string of the molecule is CC.CC(C)(C)C(=O)NCc1ccc(Cl)c(C=O)c1.CNc1cccc2c(OC3CCCCC3)ncnc12. The molecule has 0 atom stereocenters. The Balaban J connectivity index is 0.000000253. The van der Waals surface area contributed by atoms with Crippen molar-refractivity contribution in [1.82, 2.24) is 15.3 Å². The number of nitrogens with zero attached hydrogens (tertiary/aromatic N) is 2. The number of hydrogen-bond donors (Lipinski definition) is 2. The van der Waals surface area contributed by atoms with Crippen molar-refractivity contribution in [2.75, 3.05) is 12.4 Å². The molecule has 206 valence electrons. The summed E-state index contributed by atoms with van der Waals surface area (Å²) in [7, 11) is 1.90. The van der Waals surface area contributed by atoms with Crippen LogP contribution in [0.25, 0.3) is 10.9 Å². The van der Waals surface area contributed by atoms with E-state index in [9.17, 15) is 9.59 Å². The second kappa shape index (κ2) is 15.3. The maximum atomic E-state index is 11.7. The summed E-state index contributed by atoms with van der Waals surface area (Å²) in [5.74, 6) is 0.689. The van der Waals surface area contributed by atoms with Crippen molar-refractivity contribution in [3.63, 3.8) is 0 Å². The van der Waals surface area contributed by atoms with Crippen LogP contribution in [0.1, 0.15) is 82.6 Å². The average molecular weight is 541 g/mol. The van der Waals surface area contributed by atoms with E-state index >= 15 is 0 Å². The van der Waals surface area contributed by atoms with E-state index in [2.05, 4.69) is 20.6 Å². The molecule has 2 N–H and O–H groups in total. The molecule has 1 saturated carbocycles. The van der Waals surface area contributed by atoms with Crippen LogP contribution in [0.3, 0.4) is 0 Å².